The first kappa shape index (κ1) is 19.2. The molecule has 142 valence electrons. The number of carbonyl (C=O) groups is 2. The molecule has 0 aliphatic carbocycles. The van der Waals surface area contributed by atoms with Crippen molar-refractivity contribution in [2.24, 2.45) is 5.92 Å². The summed E-state index contributed by atoms with van der Waals surface area (Å²) >= 11 is 6.05. The first-order valence-corrected chi connectivity index (χ1v) is 9.38. The fourth-order valence-corrected chi connectivity index (χ4v) is 3.43. The third kappa shape index (κ3) is 4.08. The number of rotatable bonds is 5. The molecule has 3 rings (SSSR count). The monoisotopic (exact) mass is 386 g/mol. The van der Waals surface area contributed by atoms with Crippen LogP contribution in [0.2, 0.25) is 5.02 Å². The number of hydrogen-bond acceptors (Lipinski definition) is 3. The Bertz CT molecular complexity index is 882. The van der Waals surface area contributed by atoms with Gasteiger partial charge in [0.15, 0.2) is 0 Å². The van der Waals surface area contributed by atoms with E-state index < -0.39 is 5.92 Å². The van der Waals surface area contributed by atoms with Gasteiger partial charge in [0.1, 0.15) is 5.75 Å². The Balaban J connectivity index is 1.77. The van der Waals surface area contributed by atoms with Gasteiger partial charge in [0, 0.05) is 23.7 Å². The Morgan fingerprint density at radius 1 is 1.30 bits per heavy atom. The Hall–Kier alpha value is -2.53. The van der Waals surface area contributed by atoms with Crippen LogP contribution in [0.4, 0.5) is 11.4 Å². The first-order valence-electron chi connectivity index (χ1n) is 9.00. The number of aryl methyl sites for hydroxylation is 1. The van der Waals surface area contributed by atoms with E-state index in [1.807, 2.05) is 39.0 Å². The number of nitrogens with zero attached hydrogens (tertiary/aromatic N) is 1. The van der Waals surface area contributed by atoms with Crippen molar-refractivity contribution in [3.8, 4) is 5.75 Å². The molecule has 27 heavy (non-hydrogen) atoms. The van der Waals surface area contributed by atoms with Crippen LogP contribution in [0.25, 0.3) is 0 Å². The predicted molar refractivity (Wildman–Crippen MR) is 108 cm³/mol. The molecule has 1 fully saturated rings. The van der Waals surface area contributed by atoms with Gasteiger partial charge in [-0.25, -0.2) is 0 Å². The van der Waals surface area contributed by atoms with Crippen LogP contribution in [0.15, 0.2) is 36.4 Å². The maximum absolute atomic E-state index is 12.8. The molecule has 0 bridgehead atoms. The zero-order valence-corrected chi connectivity index (χ0v) is 16.5. The van der Waals surface area contributed by atoms with Crippen LogP contribution in [-0.2, 0) is 9.59 Å². The van der Waals surface area contributed by atoms with E-state index in [1.165, 1.54) is 0 Å². The number of anilines is 2. The zero-order valence-electron chi connectivity index (χ0n) is 15.7. The topological polar surface area (TPSA) is 58.6 Å². The normalized spacial score (nSPS) is 16.5. The number of hydrogen-bond donors (Lipinski definition) is 1. The lowest BCUT2D eigenvalue weighted by atomic mass is 10.1. The minimum atomic E-state index is -0.425. The van der Waals surface area contributed by atoms with Crippen LogP contribution in [0.3, 0.4) is 0 Å². The lowest BCUT2D eigenvalue weighted by Gasteiger charge is -2.20. The number of nitrogens with one attached hydrogen (secondary N) is 1. The fourth-order valence-electron chi connectivity index (χ4n) is 3.26. The van der Waals surface area contributed by atoms with Gasteiger partial charge in [-0.05, 0) is 56.2 Å². The minimum absolute atomic E-state index is 0.0417. The van der Waals surface area contributed by atoms with E-state index in [4.69, 9.17) is 16.3 Å². The standard InChI is InChI=1S/C21H23ClN2O3/c1-4-27-19-9-8-16(22)11-17(19)23-21(26)15-10-20(25)24(12-15)18-7-5-6-13(2)14(18)3/h5-9,11,15H,4,10,12H2,1-3H3,(H,23,26). The molecular formula is C21H23ClN2O3. The van der Waals surface area contributed by atoms with Gasteiger partial charge in [0.2, 0.25) is 11.8 Å². The second-order valence-corrected chi connectivity index (χ2v) is 7.12. The maximum atomic E-state index is 12.8. The summed E-state index contributed by atoms with van der Waals surface area (Å²) in [6.07, 6.45) is 0.184. The molecule has 2 aromatic carbocycles. The number of benzene rings is 2. The molecule has 0 spiro atoms. The number of amides is 2. The van der Waals surface area contributed by atoms with E-state index in [0.717, 1.165) is 16.8 Å². The number of carbonyl (C=O) groups excluding carboxylic acids is 2. The highest BCUT2D eigenvalue weighted by molar-refractivity contribution is 6.31. The van der Waals surface area contributed by atoms with E-state index >= 15 is 0 Å². The molecule has 2 amide bonds. The summed E-state index contributed by atoms with van der Waals surface area (Å²) in [5.41, 5.74) is 3.56. The molecule has 0 saturated carbocycles. The third-order valence-electron chi connectivity index (χ3n) is 4.86. The predicted octanol–water partition coefficient (Wildman–Crippen LogP) is 4.35. The van der Waals surface area contributed by atoms with Crippen LogP contribution >= 0.6 is 11.6 Å². The molecule has 1 aliphatic heterocycles. The molecule has 1 aliphatic rings. The van der Waals surface area contributed by atoms with Gasteiger partial charge in [-0.3, -0.25) is 9.59 Å². The molecular weight excluding hydrogens is 364 g/mol. The summed E-state index contributed by atoms with van der Waals surface area (Å²) < 4.78 is 5.55. The maximum Gasteiger partial charge on any atom is 0.229 e. The minimum Gasteiger partial charge on any atom is -0.492 e. The van der Waals surface area contributed by atoms with E-state index in [0.29, 0.717) is 29.6 Å². The van der Waals surface area contributed by atoms with E-state index in [2.05, 4.69) is 5.32 Å². The van der Waals surface area contributed by atoms with Crippen LogP contribution in [0, 0.1) is 19.8 Å². The molecule has 1 heterocycles. The Morgan fingerprint density at radius 3 is 2.81 bits per heavy atom. The van der Waals surface area contributed by atoms with Crippen molar-refractivity contribution < 1.29 is 14.3 Å². The summed E-state index contributed by atoms with van der Waals surface area (Å²) in [6, 6.07) is 11.0. The largest absolute Gasteiger partial charge is 0.492 e. The van der Waals surface area contributed by atoms with Gasteiger partial charge < -0.3 is 15.0 Å². The average Bonchev–Trinajstić information content (AvgIpc) is 3.01. The van der Waals surface area contributed by atoms with E-state index in [1.54, 1.807) is 23.1 Å². The van der Waals surface area contributed by atoms with E-state index in [9.17, 15) is 9.59 Å². The van der Waals surface area contributed by atoms with Crippen LogP contribution < -0.4 is 15.0 Å². The van der Waals surface area contributed by atoms with Gasteiger partial charge in [-0.2, -0.15) is 0 Å². The fraction of sp³-hybridized carbons (Fsp3) is 0.333. The number of ether oxygens (including phenoxy) is 1. The molecule has 0 aromatic heterocycles. The lowest BCUT2D eigenvalue weighted by Crippen LogP contribution is -2.28. The summed E-state index contributed by atoms with van der Waals surface area (Å²) in [6.45, 7) is 6.72. The molecule has 1 N–H and O–H groups in total. The lowest BCUT2D eigenvalue weighted by molar-refractivity contribution is -0.122. The van der Waals surface area contributed by atoms with Crippen molar-refractivity contribution in [1.29, 1.82) is 0 Å². The van der Waals surface area contributed by atoms with E-state index in [-0.39, 0.29) is 18.2 Å². The molecule has 1 atom stereocenters. The highest BCUT2D eigenvalue weighted by atomic mass is 35.5. The van der Waals surface area contributed by atoms with Crippen LogP contribution in [0.5, 0.6) is 5.75 Å². The van der Waals surface area contributed by atoms with Crippen molar-refractivity contribution in [2.75, 3.05) is 23.4 Å². The van der Waals surface area contributed by atoms with Crippen LogP contribution in [-0.4, -0.2) is 25.0 Å². The van der Waals surface area contributed by atoms with Crippen molar-refractivity contribution >= 4 is 34.8 Å². The second-order valence-electron chi connectivity index (χ2n) is 6.69. The molecule has 2 aromatic rings. The molecule has 5 nitrogen and oxygen atoms in total. The van der Waals surface area contributed by atoms with Gasteiger partial charge >= 0.3 is 0 Å². The van der Waals surface area contributed by atoms with Gasteiger partial charge in [-0.1, -0.05) is 23.7 Å². The highest BCUT2D eigenvalue weighted by Crippen LogP contribution is 2.32. The smallest absolute Gasteiger partial charge is 0.229 e. The Kier molecular flexibility index (Phi) is 5.71. The van der Waals surface area contributed by atoms with Gasteiger partial charge in [0.25, 0.3) is 0 Å². The summed E-state index contributed by atoms with van der Waals surface area (Å²) in [5, 5.41) is 3.38. The molecule has 6 heteroatoms. The molecule has 1 unspecified atom stereocenters. The average molecular weight is 387 g/mol. The van der Waals surface area contributed by atoms with Crippen LogP contribution in [0.1, 0.15) is 24.5 Å². The Labute approximate surface area is 164 Å². The zero-order chi connectivity index (χ0) is 19.6. The Morgan fingerprint density at radius 2 is 2.07 bits per heavy atom. The molecule has 1 saturated heterocycles. The second kappa shape index (κ2) is 8.01. The highest BCUT2D eigenvalue weighted by Gasteiger charge is 2.36. The van der Waals surface area contributed by atoms with Crippen molar-refractivity contribution in [3.05, 3.63) is 52.5 Å². The number of halogens is 1. The van der Waals surface area contributed by atoms with Crippen molar-refractivity contribution in [2.45, 2.75) is 27.2 Å². The summed E-state index contributed by atoms with van der Waals surface area (Å²) in [4.78, 5) is 27.0. The summed E-state index contributed by atoms with van der Waals surface area (Å²) in [5.74, 6) is -0.115. The first-order chi connectivity index (χ1) is 12.9. The summed E-state index contributed by atoms with van der Waals surface area (Å²) in [7, 11) is 0. The third-order valence-corrected chi connectivity index (χ3v) is 5.10. The van der Waals surface area contributed by atoms with Gasteiger partial charge in [-0.15, -0.1) is 0 Å². The molecule has 0 radical (unpaired) electrons. The van der Waals surface area contributed by atoms with Gasteiger partial charge in [0.05, 0.1) is 18.2 Å². The van der Waals surface area contributed by atoms with Crippen molar-refractivity contribution in [1.82, 2.24) is 0 Å². The quantitative estimate of drug-likeness (QED) is 0.831. The SMILES string of the molecule is CCOc1ccc(Cl)cc1NC(=O)C1CC(=O)N(c2cccc(C)c2C)C1. The van der Waals surface area contributed by atoms with Crippen molar-refractivity contribution in [3.63, 3.8) is 0 Å².